The smallest absolute Gasteiger partial charge is 0.253 e. The molecular formula is C18H22N2O4S. The molecule has 134 valence electrons. The third kappa shape index (κ3) is 6.46. The summed E-state index contributed by atoms with van der Waals surface area (Å²) in [4.78, 5) is 14.0. The third-order valence-electron chi connectivity index (χ3n) is 3.41. The maximum atomic E-state index is 12.4. The van der Waals surface area contributed by atoms with Crippen LogP contribution in [-0.4, -0.2) is 45.7 Å². The number of para-hydroxylation sites is 1. The number of hydrogen-bond donors (Lipinski definition) is 1. The molecule has 0 aliphatic carbocycles. The maximum absolute atomic E-state index is 12.4. The molecule has 0 aromatic heterocycles. The Morgan fingerprint density at radius 2 is 1.84 bits per heavy atom. The number of ether oxygens (including phenoxy) is 1. The Labute approximate surface area is 148 Å². The van der Waals surface area contributed by atoms with Gasteiger partial charge in [0.15, 0.2) is 0 Å². The van der Waals surface area contributed by atoms with Crippen molar-refractivity contribution in [3.8, 4) is 5.75 Å². The average molecular weight is 362 g/mol. The van der Waals surface area contributed by atoms with Gasteiger partial charge in [-0.2, -0.15) is 0 Å². The van der Waals surface area contributed by atoms with Gasteiger partial charge in [0.25, 0.3) is 5.91 Å². The van der Waals surface area contributed by atoms with E-state index in [9.17, 15) is 13.2 Å². The van der Waals surface area contributed by atoms with E-state index in [1.54, 1.807) is 30.1 Å². The highest BCUT2D eigenvalue weighted by Crippen LogP contribution is 2.14. The van der Waals surface area contributed by atoms with Crippen molar-refractivity contribution in [2.24, 2.45) is 0 Å². The zero-order valence-corrected chi connectivity index (χ0v) is 15.1. The summed E-state index contributed by atoms with van der Waals surface area (Å²) in [6.07, 6.45) is 1.76. The van der Waals surface area contributed by atoms with Gasteiger partial charge in [-0.05, 0) is 36.8 Å². The van der Waals surface area contributed by atoms with Crippen LogP contribution in [0.1, 0.15) is 16.8 Å². The van der Waals surface area contributed by atoms with Crippen LogP contribution in [-0.2, 0) is 10.0 Å². The van der Waals surface area contributed by atoms with Crippen LogP contribution in [0.3, 0.4) is 0 Å². The van der Waals surface area contributed by atoms with Crippen LogP contribution in [0.5, 0.6) is 5.75 Å². The number of carbonyl (C=O) groups is 1. The molecule has 0 bridgehead atoms. The molecule has 0 heterocycles. The summed E-state index contributed by atoms with van der Waals surface area (Å²) in [7, 11) is -1.67. The van der Waals surface area contributed by atoms with Gasteiger partial charge in [0, 0.05) is 24.8 Å². The largest absolute Gasteiger partial charge is 0.494 e. The Kier molecular flexibility index (Phi) is 6.41. The Morgan fingerprint density at radius 3 is 2.52 bits per heavy atom. The maximum Gasteiger partial charge on any atom is 0.253 e. The predicted octanol–water partition coefficient (Wildman–Crippen LogP) is 2.60. The van der Waals surface area contributed by atoms with Gasteiger partial charge in [0.2, 0.25) is 10.0 Å². The summed E-state index contributed by atoms with van der Waals surface area (Å²) >= 11 is 0. The van der Waals surface area contributed by atoms with Crippen molar-refractivity contribution in [3.63, 3.8) is 0 Å². The molecule has 0 aliphatic rings. The molecule has 0 saturated carbocycles. The molecule has 0 saturated heterocycles. The highest BCUT2D eigenvalue weighted by Gasteiger charge is 2.12. The molecule has 0 aliphatic heterocycles. The van der Waals surface area contributed by atoms with E-state index in [0.29, 0.717) is 30.8 Å². The van der Waals surface area contributed by atoms with Gasteiger partial charge in [-0.3, -0.25) is 9.52 Å². The molecule has 0 atom stereocenters. The van der Waals surface area contributed by atoms with Crippen LogP contribution in [0.2, 0.25) is 0 Å². The molecule has 0 radical (unpaired) electrons. The number of nitrogens with zero attached hydrogens (tertiary/aromatic N) is 1. The van der Waals surface area contributed by atoms with Gasteiger partial charge in [-0.25, -0.2) is 8.42 Å². The second kappa shape index (κ2) is 8.53. The van der Waals surface area contributed by atoms with E-state index in [2.05, 4.69) is 4.72 Å². The number of benzene rings is 2. The lowest BCUT2D eigenvalue weighted by molar-refractivity contribution is 0.0788. The number of nitrogens with one attached hydrogen (secondary N) is 1. The van der Waals surface area contributed by atoms with Crippen LogP contribution < -0.4 is 9.46 Å². The van der Waals surface area contributed by atoms with E-state index in [4.69, 9.17) is 4.74 Å². The third-order valence-corrected chi connectivity index (χ3v) is 4.02. The van der Waals surface area contributed by atoms with Gasteiger partial charge in [0.1, 0.15) is 5.75 Å². The second-order valence-electron chi connectivity index (χ2n) is 5.70. The van der Waals surface area contributed by atoms with Crippen LogP contribution in [0, 0.1) is 0 Å². The molecule has 6 nitrogen and oxygen atoms in total. The summed E-state index contributed by atoms with van der Waals surface area (Å²) in [6.45, 7) is 1.05. The zero-order valence-electron chi connectivity index (χ0n) is 14.3. The van der Waals surface area contributed by atoms with Gasteiger partial charge in [0.05, 0.1) is 12.9 Å². The van der Waals surface area contributed by atoms with E-state index >= 15 is 0 Å². The van der Waals surface area contributed by atoms with Gasteiger partial charge < -0.3 is 9.64 Å². The van der Waals surface area contributed by atoms with E-state index in [1.165, 1.54) is 6.07 Å². The number of sulfonamides is 1. The molecule has 0 fully saturated rings. The number of rotatable bonds is 8. The van der Waals surface area contributed by atoms with Crippen LogP contribution in [0.4, 0.5) is 5.69 Å². The second-order valence-corrected chi connectivity index (χ2v) is 7.45. The lowest BCUT2D eigenvalue weighted by Gasteiger charge is -2.18. The van der Waals surface area contributed by atoms with E-state index < -0.39 is 10.0 Å². The highest BCUT2D eigenvalue weighted by atomic mass is 32.2. The van der Waals surface area contributed by atoms with Crippen molar-refractivity contribution in [2.75, 3.05) is 31.2 Å². The molecule has 2 aromatic rings. The first-order valence-electron chi connectivity index (χ1n) is 7.86. The Bertz CT molecular complexity index is 807. The van der Waals surface area contributed by atoms with Crippen molar-refractivity contribution in [3.05, 3.63) is 60.2 Å². The van der Waals surface area contributed by atoms with Gasteiger partial charge in [-0.1, -0.05) is 24.3 Å². The average Bonchev–Trinajstić information content (AvgIpc) is 2.57. The van der Waals surface area contributed by atoms with Crippen molar-refractivity contribution >= 4 is 21.6 Å². The van der Waals surface area contributed by atoms with Crippen LogP contribution in [0.15, 0.2) is 54.6 Å². The van der Waals surface area contributed by atoms with Gasteiger partial charge in [-0.15, -0.1) is 0 Å². The number of carbonyl (C=O) groups excluding carboxylic acids is 1. The summed E-state index contributed by atoms with van der Waals surface area (Å²) < 4.78 is 30.5. The van der Waals surface area contributed by atoms with E-state index in [-0.39, 0.29) is 5.91 Å². The van der Waals surface area contributed by atoms with E-state index in [0.717, 1.165) is 12.0 Å². The molecular weight excluding hydrogens is 340 g/mol. The lowest BCUT2D eigenvalue weighted by Crippen LogP contribution is -2.28. The Balaban J connectivity index is 1.86. The highest BCUT2D eigenvalue weighted by molar-refractivity contribution is 7.92. The monoisotopic (exact) mass is 362 g/mol. The first-order chi connectivity index (χ1) is 11.8. The number of anilines is 1. The van der Waals surface area contributed by atoms with Crippen LogP contribution in [0.25, 0.3) is 0 Å². The minimum Gasteiger partial charge on any atom is -0.494 e. The van der Waals surface area contributed by atoms with Crippen molar-refractivity contribution in [1.82, 2.24) is 4.90 Å². The molecule has 0 unspecified atom stereocenters. The summed E-state index contributed by atoms with van der Waals surface area (Å²) in [5.74, 6) is 0.632. The summed E-state index contributed by atoms with van der Waals surface area (Å²) in [6, 6.07) is 15.9. The molecule has 25 heavy (non-hydrogen) atoms. The molecule has 2 rings (SSSR count). The lowest BCUT2D eigenvalue weighted by atomic mass is 10.2. The normalized spacial score (nSPS) is 11.0. The Morgan fingerprint density at radius 1 is 1.12 bits per heavy atom. The summed E-state index contributed by atoms with van der Waals surface area (Å²) in [5.41, 5.74) is 0.800. The quantitative estimate of drug-likeness (QED) is 0.733. The van der Waals surface area contributed by atoms with Crippen molar-refractivity contribution < 1.29 is 17.9 Å². The summed E-state index contributed by atoms with van der Waals surface area (Å²) in [5, 5.41) is 0. The minimum atomic E-state index is -3.38. The fraction of sp³-hybridized carbons (Fsp3) is 0.278. The molecule has 7 heteroatoms. The first kappa shape index (κ1) is 18.8. The standard InChI is InChI=1S/C18H22N2O4S/c1-20(12-7-13-24-17-10-4-3-5-11-17)18(21)15-8-6-9-16(14-15)19-25(2,22)23/h3-6,8-11,14,19H,7,12-13H2,1-2H3. The number of hydrogen-bond acceptors (Lipinski definition) is 4. The topological polar surface area (TPSA) is 75.7 Å². The van der Waals surface area contributed by atoms with Crippen molar-refractivity contribution in [1.29, 1.82) is 0 Å². The van der Waals surface area contributed by atoms with Crippen molar-refractivity contribution in [2.45, 2.75) is 6.42 Å². The molecule has 1 N–H and O–H groups in total. The van der Waals surface area contributed by atoms with E-state index in [1.807, 2.05) is 30.3 Å². The Hall–Kier alpha value is -2.54. The molecule has 2 aromatic carbocycles. The van der Waals surface area contributed by atoms with Crippen LogP contribution >= 0.6 is 0 Å². The minimum absolute atomic E-state index is 0.170. The fourth-order valence-corrected chi connectivity index (χ4v) is 2.82. The molecule has 1 amide bonds. The van der Waals surface area contributed by atoms with Gasteiger partial charge >= 0.3 is 0 Å². The fourth-order valence-electron chi connectivity index (χ4n) is 2.26. The zero-order chi connectivity index (χ0) is 18.3. The SMILES string of the molecule is CN(CCCOc1ccccc1)C(=O)c1cccc(NS(C)(=O)=O)c1. The number of amides is 1. The molecule has 0 spiro atoms. The predicted molar refractivity (Wildman–Crippen MR) is 98.4 cm³/mol. The first-order valence-corrected chi connectivity index (χ1v) is 9.75.